The Balaban J connectivity index is 2.06. The van der Waals surface area contributed by atoms with Gasteiger partial charge >= 0.3 is 0 Å². The second-order valence-electron chi connectivity index (χ2n) is 6.84. The standard InChI is InChI=1S/C24H14O2S/c1-26-19-12-18-13-6-2-3-8-16(13)23(25)17-11-10-15-14-7-4-5-9-20(14)27-24(19)22(15)21(17)18/h2-12H,1H3. The lowest BCUT2D eigenvalue weighted by Gasteiger charge is -2.16. The highest BCUT2D eigenvalue weighted by Crippen LogP contribution is 2.46. The van der Waals surface area contributed by atoms with Crippen LogP contribution in [0, 0.1) is 0 Å². The van der Waals surface area contributed by atoms with Crippen LogP contribution in [-0.2, 0) is 0 Å². The monoisotopic (exact) mass is 366 g/mol. The van der Waals surface area contributed by atoms with Gasteiger partial charge in [0.25, 0.3) is 0 Å². The van der Waals surface area contributed by atoms with Gasteiger partial charge < -0.3 is 4.74 Å². The third-order valence-corrected chi connectivity index (χ3v) is 6.70. The van der Waals surface area contributed by atoms with Crippen molar-refractivity contribution in [3.05, 3.63) is 77.0 Å². The van der Waals surface area contributed by atoms with Crippen molar-refractivity contribution in [3.63, 3.8) is 0 Å². The summed E-state index contributed by atoms with van der Waals surface area (Å²) in [6.07, 6.45) is 0. The van der Waals surface area contributed by atoms with Gasteiger partial charge in [-0.15, -0.1) is 11.3 Å². The summed E-state index contributed by atoms with van der Waals surface area (Å²) in [6.45, 7) is 0. The van der Waals surface area contributed by atoms with Crippen LogP contribution in [0.2, 0.25) is 0 Å². The number of hydrogen-bond acceptors (Lipinski definition) is 3. The smallest absolute Gasteiger partial charge is 0.194 e. The molecule has 0 unspecified atom stereocenters. The summed E-state index contributed by atoms with van der Waals surface area (Å²) in [4.78, 5) is 13.2. The number of fused-ring (bicyclic) bond motifs is 4. The van der Waals surface area contributed by atoms with Gasteiger partial charge in [-0.2, -0.15) is 0 Å². The van der Waals surface area contributed by atoms with Crippen LogP contribution in [0.1, 0.15) is 0 Å². The fourth-order valence-electron chi connectivity index (χ4n) is 4.34. The number of ether oxygens (including phenoxy) is 1. The Bertz CT molecular complexity index is 1580. The van der Waals surface area contributed by atoms with Gasteiger partial charge in [0.1, 0.15) is 5.75 Å². The van der Waals surface area contributed by atoms with E-state index in [0.29, 0.717) is 0 Å². The molecule has 0 saturated heterocycles. The molecule has 0 N–H and O–H groups in total. The van der Waals surface area contributed by atoms with Crippen molar-refractivity contribution in [2.24, 2.45) is 0 Å². The Hall–Kier alpha value is -3.17. The maximum Gasteiger partial charge on any atom is 0.194 e. The van der Waals surface area contributed by atoms with Crippen LogP contribution in [0.5, 0.6) is 5.75 Å². The minimum atomic E-state index is 0.102. The molecule has 0 bridgehead atoms. The molecule has 0 saturated carbocycles. The van der Waals surface area contributed by atoms with Gasteiger partial charge in [-0.3, -0.25) is 4.79 Å². The Morgan fingerprint density at radius 3 is 2.22 bits per heavy atom. The summed E-state index contributed by atoms with van der Waals surface area (Å²) >= 11 is 1.72. The fourth-order valence-corrected chi connectivity index (χ4v) is 5.55. The highest BCUT2D eigenvalue weighted by atomic mass is 32.1. The molecular weight excluding hydrogens is 352 g/mol. The molecule has 0 aliphatic carbocycles. The lowest BCUT2D eigenvalue weighted by atomic mass is 9.92. The highest BCUT2D eigenvalue weighted by Gasteiger charge is 2.19. The molecule has 0 amide bonds. The van der Waals surface area contributed by atoms with E-state index in [-0.39, 0.29) is 5.43 Å². The zero-order valence-electron chi connectivity index (χ0n) is 14.6. The molecule has 1 heterocycles. The summed E-state index contributed by atoms with van der Waals surface area (Å²) < 4.78 is 8.10. The minimum absolute atomic E-state index is 0.102. The fraction of sp³-hybridized carbons (Fsp3) is 0.0417. The van der Waals surface area contributed by atoms with E-state index < -0.39 is 0 Å². The number of methoxy groups -OCH3 is 1. The van der Waals surface area contributed by atoms with Crippen molar-refractivity contribution >= 4 is 63.8 Å². The third kappa shape index (κ3) is 1.82. The van der Waals surface area contributed by atoms with Crippen LogP contribution in [-0.4, -0.2) is 7.11 Å². The quantitative estimate of drug-likeness (QED) is 0.251. The van der Waals surface area contributed by atoms with Crippen molar-refractivity contribution < 1.29 is 4.74 Å². The molecule has 27 heavy (non-hydrogen) atoms. The highest BCUT2D eigenvalue weighted by molar-refractivity contribution is 7.25. The van der Waals surface area contributed by atoms with Crippen molar-refractivity contribution in [2.75, 3.05) is 7.11 Å². The predicted octanol–water partition coefficient (Wildman–Crippen LogP) is 6.32. The molecular formula is C24H14O2S. The Labute approximate surface area is 158 Å². The van der Waals surface area contributed by atoms with Crippen molar-refractivity contribution in [1.82, 2.24) is 0 Å². The molecule has 6 aromatic rings. The van der Waals surface area contributed by atoms with Gasteiger partial charge in [0.05, 0.1) is 11.8 Å². The van der Waals surface area contributed by atoms with Crippen molar-refractivity contribution in [2.45, 2.75) is 0 Å². The molecule has 2 nitrogen and oxygen atoms in total. The van der Waals surface area contributed by atoms with Crippen LogP contribution in [0.25, 0.3) is 52.5 Å². The SMILES string of the molecule is COc1cc2c3ccccc3c(=O)c3ccc4c5ccccc5sc1c4c32. The van der Waals surface area contributed by atoms with Crippen LogP contribution >= 0.6 is 11.3 Å². The zero-order chi connectivity index (χ0) is 18.1. The van der Waals surface area contributed by atoms with Gasteiger partial charge in [-0.1, -0.05) is 48.5 Å². The summed E-state index contributed by atoms with van der Waals surface area (Å²) in [5.41, 5.74) is 0.102. The second-order valence-corrected chi connectivity index (χ2v) is 7.89. The van der Waals surface area contributed by atoms with E-state index in [1.807, 2.05) is 30.3 Å². The lowest BCUT2D eigenvalue weighted by molar-refractivity contribution is 0.421. The Morgan fingerprint density at radius 1 is 0.704 bits per heavy atom. The maximum atomic E-state index is 13.2. The van der Waals surface area contributed by atoms with Crippen LogP contribution in [0.4, 0.5) is 0 Å². The van der Waals surface area contributed by atoms with Gasteiger partial charge in [0.2, 0.25) is 0 Å². The van der Waals surface area contributed by atoms with Gasteiger partial charge in [-0.05, 0) is 39.7 Å². The first-order valence-corrected chi connectivity index (χ1v) is 9.68. The summed E-state index contributed by atoms with van der Waals surface area (Å²) in [6, 6.07) is 22.5. The molecule has 1 aromatic heterocycles. The molecule has 128 valence electrons. The molecule has 5 aromatic carbocycles. The molecule has 0 aliphatic rings. The Kier molecular flexibility index (Phi) is 2.87. The molecule has 0 aliphatic heterocycles. The first-order chi connectivity index (χ1) is 13.3. The average Bonchev–Trinajstić information content (AvgIpc) is 2.73. The first-order valence-electron chi connectivity index (χ1n) is 8.87. The van der Waals surface area contributed by atoms with Crippen LogP contribution < -0.4 is 10.2 Å². The van der Waals surface area contributed by atoms with E-state index in [9.17, 15) is 4.79 Å². The molecule has 6 rings (SSSR count). The largest absolute Gasteiger partial charge is 0.495 e. The number of hydrogen-bond donors (Lipinski definition) is 0. The molecule has 0 spiro atoms. The third-order valence-electron chi connectivity index (χ3n) is 5.52. The minimum Gasteiger partial charge on any atom is -0.495 e. The first kappa shape index (κ1) is 14.9. The van der Waals surface area contributed by atoms with E-state index in [2.05, 4.69) is 36.4 Å². The van der Waals surface area contributed by atoms with Gasteiger partial charge in [0.15, 0.2) is 5.43 Å². The van der Waals surface area contributed by atoms with Crippen LogP contribution in [0.15, 0.2) is 71.5 Å². The summed E-state index contributed by atoms with van der Waals surface area (Å²) in [5, 5.41) is 8.18. The van der Waals surface area contributed by atoms with E-state index in [0.717, 1.165) is 42.8 Å². The predicted molar refractivity (Wildman–Crippen MR) is 116 cm³/mol. The molecule has 3 heteroatoms. The normalized spacial score (nSPS) is 12.0. The zero-order valence-corrected chi connectivity index (χ0v) is 15.4. The van der Waals surface area contributed by atoms with Gasteiger partial charge in [0, 0.05) is 26.2 Å². The van der Waals surface area contributed by atoms with Crippen LogP contribution in [0.3, 0.4) is 0 Å². The maximum absolute atomic E-state index is 13.2. The second kappa shape index (κ2) is 5.18. The van der Waals surface area contributed by atoms with E-state index >= 15 is 0 Å². The summed E-state index contributed by atoms with van der Waals surface area (Å²) in [7, 11) is 1.72. The molecule has 0 atom stereocenters. The average molecular weight is 366 g/mol. The molecule has 0 fully saturated rings. The summed E-state index contributed by atoms with van der Waals surface area (Å²) in [5.74, 6) is 0.861. The van der Waals surface area contributed by atoms with E-state index in [1.165, 1.54) is 15.5 Å². The van der Waals surface area contributed by atoms with E-state index in [1.54, 1.807) is 18.4 Å². The lowest BCUT2D eigenvalue weighted by Crippen LogP contribution is -2.03. The van der Waals surface area contributed by atoms with Gasteiger partial charge in [-0.25, -0.2) is 0 Å². The van der Waals surface area contributed by atoms with Crippen molar-refractivity contribution in [3.8, 4) is 5.75 Å². The van der Waals surface area contributed by atoms with Crippen molar-refractivity contribution in [1.29, 1.82) is 0 Å². The number of benzene rings is 5. The Morgan fingerprint density at radius 2 is 1.41 bits per heavy atom. The topological polar surface area (TPSA) is 26.3 Å². The molecule has 0 radical (unpaired) electrons. The number of rotatable bonds is 1. The van der Waals surface area contributed by atoms with E-state index in [4.69, 9.17) is 4.74 Å².